The number of hydrogen-bond acceptors (Lipinski definition) is 2. The molecule has 1 aromatic heterocycles. The summed E-state index contributed by atoms with van der Waals surface area (Å²) in [6.45, 7) is 3.38. The molecule has 2 atom stereocenters. The summed E-state index contributed by atoms with van der Waals surface area (Å²) in [5.74, 6) is 0.993. The van der Waals surface area contributed by atoms with Crippen molar-refractivity contribution in [3.8, 4) is 0 Å². The van der Waals surface area contributed by atoms with E-state index in [2.05, 4.69) is 29.4 Å². The van der Waals surface area contributed by atoms with Gasteiger partial charge in [-0.25, -0.2) is 0 Å². The van der Waals surface area contributed by atoms with E-state index in [-0.39, 0.29) is 0 Å². The first-order valence-corrected chi connectivity index (χ1v) is 8.01. The predicted molar refractivity (Wildman–Crippen MR) is 81.2 cm³/mol. The van der Waals surface area contributed by atoms with E-state index < -0.39 is 0 Å². The Morgan fingerprint density at radius 1 is 1.21 bits per heavy atom. The fourth-order valence-electron chi connectivity index (χ4n) is 3.23. The first-order valence-electron chi connectivity index (χ1n) is 8.01. The Morgan fingerprint density at radius 2 is 2.16 bits per heavy atom. The zero-order valence-electron chi connectivity index (χ0n) is 12.3. The van der Waals surface area contributed by atoms with Gasteiger partial charge in [0, 0.05) is 30.9 Å². The van der Waals surface area contributed by atoms with E-state index in [1.165, 1.54) is 50.6 Å². The van der Waals surface area contributed by atoms with Crippen molar-refractivity contribution in [3.63, 3.8) is 0 Å². The maximum Gasteiger partial charge on any atom is 0.0416 e. The molecule has 1 aromatic rings. The van der Waals surface area contributed by atoms with Gasteiger partial charge in [0.1, 0.15) is 0 Å². The molecule has 2 nitrogen and oxygen atoms in total. The maximum atomic E-state index is 4.38. The molecule has 0 amide bonds. The van der Waals surface area contributed by atoms with Crippen LogP contribution in [0.4, 0.5) is 0 Å². The number of nitrogens with one attached hydrogen (secondary N) is 1. The second kappa shape index (κ2) is 8.31. The average molecular weight is 260 g/mol. The Labute approximate surface area is 118 Å². The van der Waals surface area contributed by atoms with Gasteiger partial charge in [-0.3, -0.25) is 4.98 Å². The van der Waals surface area contributed by atoms with Crippen LogP contribution in [0.15, 0.2) is 24.4 Å². The van der Waals surface area contributed by atoms with Gasteiger partial charge in [-0.1, -0.05) is 38.7 Å². The van der Waals surface area contributed by atoms with Gasteiger partial charge >= 0.3 is 0 Å². The van der Waals surface area contributed by atoms with Crippen LogP contribution in [-0.4, -0.2) is 17.6 Å². The maximum absolute atomic E-state index is 4.38. The van der Waals surface area contributed by atoms with Crippen molar-refractivity contribution >= 4 is 0 Å². The number of aromatic nitrogens is 1. The molecule has 1 saturated carbocycles. The molecule has 0 spiro atoms. The van der Waals surface area contributed by atoms with Gasteiger partial charge < -0.3 is 5.32 Å². The Balaban J connectivity index is 1.66. The van der Waals surface area contributed by atoms with E-state index in [1.807, 2.05) is 12.3 Å². The molecule has 1 aliphatic carbocycles. The van der Waals surface area contributed by atoms with Crippen LogP contribution in [0.25, 0.3) is 0 Å². The van der Waals surface area contributed by atoms with Crippen molar-refractivity contribution in [2.24, 2.45) is 5.92 Å². The monoisotopic (exact) mass is 260 g/mol. The molecule has 0 aromatic carbocycles. The minimum atomic E-state index is 0.741. The summed E-state index contributed by atoms with van der Waals surface area (Å²) in [6, 6.07) is 6.91. The summed E-state index contributed by atoms with van der Waals surface area (Å²) < 4.78 is 0. The summed E-state index contributed by atoms with van der Waals surface area (Å²) >= 11 is 0. The summed E-state index contributed by atoms with van der Waals surface area (Å²) in [4.78, 5) is 4.38. The highest BCUT2D eigenvalue weighted by Gasteiger charge is 2.17. The lowest BCUT2D eigenvalue weighted by Gasteiger charge is -2.16. The molecule has 0 radical (unpaired) electrons. The summed E-state index contributed by atoms with van der Waals surface area (Å²) in [5.41, 5.74) is 1.20. The van der Waals surface area contributed by atoms with Crippen LogP contribution in [0.3, 0.4) is 0 Å². The van der Waals surface area contributed by atoms with Gasteiger partial charge in [0.15, 0.2) is 0 Å². The first-order chi connectivity index (χ1) is 9.38. The molecule has 1 aliphatic rings. The highest BCUT2D eigenvalue weighted by Crippen LogP contribution is 2.26. The fraction of sp³-hybridized carbons (Fsp3) is 0.706. The second-order valence-electron chi connectivity index (χ2n) is 5.89. The lowest BCUT2D eigenvalue weighted by molar-refractivity contribution is 0.410. The lowest BCUT2D eigenvalue weighted by Crippen LogP contribution is -2.30. The Bertz CT molecular complexity index is 336. The van der Waals surface area contributed by atoms with Crippen LogP contribution in [0.2, 0.25) is 0 Å². The van der Waals surface area contributed by atoms with E-state index in [9.17, 15) is 0 Å². The minimum absolute atomic E-state index is 0.741. The average Bonchev–Trinajstić information content (AvgIpc) is 2.66. The van der Waals surface area contributed by atoms with Crippen molar-refractivity contribution in [1.82, 2.24) is 10.3 Å². The van der Waals surface area contributed by atoms with Crippen LogP contribution in [0.5, 0.6) is 0 Å². The van der Waals surface area contributed by atoms with E-state index in [1.54, 1.807) is 0 Å². The van der Waals surface area contributed by atoms with Crippen molar-refractivity contribution in [3.05, 3.63) is 30.1 Å². The highest BCUT2D eigenvalue weighted by molar-refractivity contribution is 5.03. The van der Waals surface area contributed by atoms with Gasteiger partial charge in [-0.05, 0) is 37.3 Å². The van der Waals surface area contributed by atoms with Gasteiger partial charge in [0.2, 0.25) is 0 Å². The van der Waals surface area contributed by atoms with E-state index in [0.717, 1.165) is 24.9 Å². The Morgan fingerprint density at radius 3 is 2.95 bits per heavy atom. The molecule has 2 heteroatoms. The summed E-state index contributed by atoms with van der Waals surface area (Å²) in [6.07, 6.45) is 12.7. The normalized spacial score (nSPS) is 24.1. The van der Waals surface area contributed by atoms with Gasteiger partial charge in [-0.15, -0.1) is 0 Å². The van der Waals surface area contributed by atoms with Gasteiger partial charge in [0.25, 0.3) is 0 Å². The van der Waals surface area contributed by atoms with Crippen LogP contribution in [0, 0.1) is 5.92 Å². The zero-order chi connectivity index (χ0) is 13.3. The molecule has 1 fully saturated rings. The van der Waals surface area contributed by atoms with Crippen LogP contribution in [-0.2, 0) is 6.42 Å². The molecule has 0 bridgehead atoms. The van der Waals surface area contributed by atoms with Crippen LogP contribution >= 0.6 is 0 Å². The molecule has 19 heavy (non-hydrogen) atoms. The third-order valence-corrected chi connectivity index (χ3v) is 4.33. The third kappa shape index (κ3) is 5.32. The largest absolute Gasteiger partial charge is 0.314 e. The second-order valence-corrected chi connectivity index (χ2v) is 5.89. The molecule has 1 N–H and O–H groups in total. The third-order valence-electron chi connectivity index (χ3n) is 4.33. The van der Waals surface area contributed by atoms with Crippen LogP contribution in [0.1, 0.15) is 57.6 Å². The van der Waals surface area contributed by atoms with E-state index in [4.69, 9.17) is 0 Å². The first kappa shape index (κ1) is 14.5. The molecular weight excluding hydrogens is 232 g/mol. The van der Waals surface area contributed by atoms with Crippen LogP contribution < -0.4 is 5.32 Å². The van der Waals surface area contributed by atoms with Crippen molar-refractivity contribution in [2.75, 3.05) is 6.54 Å². The standard InChI is InChI=1S/C17H28N2/c1-2-6-15-7-5-9-16(11-10-15)19-14-12-17-8-3-4-13-18-17/h3-4,8,13,15-16,19H,2,5-7,9-12,14H2,1H3. The van der Waals surface area contributed by atoms with E-state index in [0.29, 0.717) is 0 Å². The molecule has 2 rings (SSSR count). The molecule has 2 unspecified atom stereocenters. The molecule has 0 aliphatic heterocycles. The number of hydrogen-bond donors (Lipinski definition) is 1. The Hall–Kier alpha value is -0.890. The van der Waals surface area contributed by atoms with Crippen molar-refractivity contribution < 1.29 is 0 Å². The summed E-state index contributed by atoms with van der Waals surface area (Å²) in [5, 5.41) is 3.73. The number of pyridine rings is 1. The van der Waals surface area contributed by atoms with Crippen molar-refractivity contribution in [2.45, 2.75) is 64.3 Å². The zero-order valence-corrected chi connectivity index (χ0v) is 12.3. The Kier molecular flexibility index (Phi) is 6.35. The summed E-state index contributed by atoms with van der Waals surface area (Å²) in [7, 11) is 0. The van der Waals surface area contributed by atoms with E-state index >= 15 is 0 Å². The lowest BCUT2D eigenvalue weighted by atomic mass is 9.95. The predicted octanol–water partition coefficient (Wildman–Crippen LogP) is 3.96. The molecule has 0 saturated heterocycles. The molecular formula is C17H28N2. The smallest absolute Gasteiger partial charge is 0.0416 e. The molecule has 106 valence electrons. The topological polar surface area (TPSA) is 24.9 Å². The van der Waals surface area contributed by atoms with Gasteiger partial charge in [0.05, 0.1) is 0 Å². The van der Waals surface area contributed by atoms with Gasteiger partial charge in [-0.2, -0.15) is 0 Å². The minimum Gasteiger partial charge on any atom is -0.314 e. The fourth-order valence-corrected chi connectivity index (χ4v) is 3.23. The number of nitrogens with zero attached hydrogens (tertiary/aromatic N) is 1. The number of rotatable bonds is 6. The quantitative estimate of drug-likeness (QED) is 0.783. The molecule has 1 heterocycles. The highest BCUT2D eigenvalue weighted by atomic mass is 14.9. The van der Waals surface area contributed by atoms with Crippen molar-refractivity contribution in [1.29, 1.82) is 0 Å². The SMILES string of the molecule is CCCC1CCCC(NCCc2ccccn2)CC1.